The van der Waals surface area contributed by atoms with Crippen molar-refractivity contribution in [3.8, 4) is 0 Å². The predicted molar refractivity (Wildman–Crippen MR) is 152 cm³/mol. The monoisotopic (exact) mass is 516 g/mol. The van der Waals surface area contributed by atoms with Gasteiger partial charge in [0.25, 0.3) is 11.8 Å². The summed E-state index contributed by atoms with van der Waals surface area (Å²) in [5.41, 5.74) is 12.8. The van der Waals surface area contributed by atoms with Crippen molar-refractivity contribution in [2.75, 3.05) is 4.90 Å². The molecular weight excluding hydrogens is 484 g/mol. The van der Waals surface area contributed by atoms with Gasteiger partial charge in [-0.3, -0.25) is 9.59 Å². The minimum Gasteiger partial charge on any atom is -0.350 e. The van der Waals surface area contributed by atoms with E-state index in [1.54, 1.807) is 0 Å². The topological polar surface area (TPSA) is 73.3 Å². The number of anilines is 1. The molecule has 0 saturated heterocycles. The molecule has 0 spiro atoms. The van der Waals surface area contributed by atoms with Crippen molar-refractivity contribution in [2.24, 2.45) is 18.7 Å². The number of aromatic nitrogens is 2. The van der Waals surface area contributed by atoms with Crippen LogP contribution in [0.1, 0.15) is 56.0 Å². The first kappa shape index (κ1) is 25.3. The highest BCUT2D eigenvalue weighted by Gasteiger charge is 2.39. The van der Waals surface area contributed by atoms with Gasteiger partial charge in [-0.15, -0.1) is 12.4 Å². The minimum atomic E-state index is -0.282. The van der Waals surface area contributed by atoms with Crippen LogP contribution in [0.5, 0.6) is 0 Å². The molecule has 0 saturated carbocycles. The van der Waals surface area contributed by atoms with E-state index in [0.717, 1.165) is 76.5 Å². The number of nitrogens with two attached hydrogens (primary N) is 1. The lowest BCUT2D eigenvalue weighted by molar-refractivity contribution is -0.119. The zero-order valence-electron chi connectivity index (χ0n) is 21.5. The molecule has 0 fully saturated rings. The number of fused-ring (bicyclic) bond motifs is 4. The Labute approximate surface area is 223 Å². The van der Waals surface area contributed by atoms with Gasteiger partial charge in [-0.05, 0) is 42.9 Å². The highest BCUT2D eigenvalue weighted by atomic mass is 35.5. The normalized spacial score (nSPS) is 16.8. The summed E-state index contributed by atoms with van der Waals surface area (Å²) in [6, 6.07) is 14.0. The molecule has 7 heteroatoms. The number of para-hydroxylation sites is 1. The molecule has 6 nitrogen and oxygen atoms in total. The third-order valence-electron chi connectivity index (χ3n) is 7.91. The molecule has 37 heavy (non-hydrogen) atoms. The van der Waals surface area contributed by atoms with Crippen LogP contribution in [0.2, 0.25) is 0 Å². The number of hydrogen-bond donors (Lipinski definition) is 1. The van der Waals surface area contributed by atoms with Crippen LogP contribution < -0.4 is 10.6 Å². The quantitative estimate of drug-likeness (QED) is 0.343. The Bertz CT molecular complexity index is 1580. The van der Waals surface area contributed by atoms with E-state index in [2.05, 4.69) is 36.6 Å². The molecule has 2 aromatic carbocycles. The van der Waals surface area contributed by atoms with Crippen LogP contribution in [0.25, 0.3) is 27.4 Å². The summed E-state index contributed by atoms with van der Waals surface area (Å²) in [5.74, 6) is -0.322. The lowest BCUT2D eigenvalue weighted by Crippen LogP contribution is -2.32. The van der Waals surface area contributed by atoms with Gasteiger partial charge in [0, 0.05) is 59.5 Å². The van der Waals surface area contributed by atoms with Gasteiger partial charge in [0.1, 0.15) is 0 Å². The van der Waals surface area contributed by atoms with E-state index in [1.165, 1.54) is 11.0 Å². The van der Waals surface area contributed by atoms with E-state index in [0.29, 0.717) is 5.57 Å². The second-order valence-electron chi connectivity index (χ2n) is 10.5. The molecule has 0 bridgehead atoms. The standard InChI is InChI=1S/C30H32N4O2.ClH/c1-18(2)28(31)20-11-9-14-24-27(20)29(25-13-5-4-8-15-33(24)25)34-26(35)16-21(30(34)36)22-17-32(3)23-12-7-6-10-19(22)23;/h6-7,9-12,14,16-18,28H,4-5,8,13,15,31H2,1-3H3;1H. The summed E-state index contributed by atoms with van der Waals surface area (Å²) in [5, 5.41) is 1.92. The molecule has 2 aromatic heterocycles. The second kappa shape index (κ2) is 9.51. The lowest BCUT2D eigenvalue weighted by atomic mass is 9.93. The number of aryl methyl sites for hydroxylation is 2. The first-order valence-electron chi connectivity index (χ1n) is 12.9. The summed E-state index contributed by atoms with van der Waals surface area (Å²) in [6.07, 6.45) is 7.55. The van der Waals surface area contributed by atoms with Crippen LogP contribution in [-0.4, -0.2) is 20.9 Å². The second-order valence-corrected chi connectivity index (χ2v) is 10.5. The number of imide groups is 1. The van der Waals surface area contributed by atoms with Crippen molar-refractivity contribution in [2.45, 2.75) is 52.1 Å². The van der Waals surface area contributed by atoms with Crippen molar-refractivity contribution in [1.82, 2.24) is 9.13 Å². The van der Waals surface area contributed by atoms with Crippen molar-refractivity contribution in [3.63, 3.8) is 0 Å². The molecule has 2 amide bonds. The van der Waals surface area contributed by atoms with Crippen molar-refractivity contribution in [1.29, 1.82) is 0 Å². The Kier molecular flexibility index (Phi) is 6.50. The third-order valence-corrected chi connectivity index (χ3v) is 7.91. The zero-order chi connectivity index (χ0) is 25.1. The maximum Gasteiger partial charge on any atom is 0.266 e. The summed E-state index contributed by atoms with van der Waals surface area (Å²) in [6.45, 7) is 5.10. The predicted octanol–water partition coefficient (Wildman–Crippen LogP) is 5.89. The van der Waals surface area contributed by atoms with Gasteiger partial charge in [0.15, 0.2) is 0 Å². The average Bonchev–Trinajstić information content (AvgIpc) is 3.37. The van der Waals surface area contributed by atoms with Crippen LogP contribution >= 0.6 is 12.4 Å². The van der Waals surface area contributed by atoms with Crippen LogP contribution in [-0.2, 0) is 29.6 Å². The van der Waals surface area contributed by atoms with Gasteiger partial charge < -0.3 is 14.9 Å². The summed E-state index contributed by atoms with van der Waals surface area (Å²) in [4.78, 5) is 29.1. The van der Waals surface area contributed by atoms with E-state index in [1.807, 2.05) is 42.1 Å². The Morgan fingerprint density at radius 3 is 2.49 bits per heavy atom. The van der Waals surface area contributed by atoms with E-state index >= 15 is 0 Å². The first-order valence-corrected chi connectivity index (χ1v) is 12.9. The van der Waals surface area contributed by atoms with Crippen molar-refractivity contribution < 1.29 is 9.59 Å². The maximum atomic E-state index is 14.1. The largest absolute Gasteiger partial charge is 0.350 e. The fourth-order valence-corrected chi connectivity index (χ4v) is 6.01. The fourth-order valence-electron chi connectivity index (χ4n) is 6.01. The zero-order valence-corrected chi connectivity index (χ0v) is 22.3. The number of rotatable bonds is 4. The number of benzene rings is 2. The number of carbonyl (C=O) groups excluding carboxylic acids is 2. The van der Waals surface area contributed by atoms with Gasteiger partial charge in [-0.1, -0.05) is 50.6 Å². The number of nitrogens with zero attached hydrogens (tertiary/aromatic N) is 3. The maximum absolute atomic E-state index is 14.1. The molecule has 1 unspecified atom stereocenters. The lowest BCUT2D eigenvalue weighted by Gasteiger charge is -2.21. The molecule has 4 aromatic rings. The van der Waals surface area contributed by atoms with Crippen LogP contribution in [0.4, 0.5) is 5.69 Å². The Hall–Kier alpha value is -3.35. The Morgan fingerprint density at radius 1 is 0.946 bits per heavy atom. The first-order chi connectivity index (χ1) is 17.4. The smallest absolute Gasteiger partial charge is 0.266 e. The molecule has 2 N–H and O–H groups in total. The fraction of sp³-hybridized carbons (Fsp3) is 0.333. The van der Waals surface area contributed by atoms with E-state index in [9.17, 15) is 9.59 Å². The van der Waals surface area contributed by atoms with E-state index in [-0.39, 0.29) is 36.2 Å². The number of amides is 2. The number of halogens is 1. The van der Waals surface area contributed by atoms with Crippen molar-refractivity contribution >= 4 is 57.3 Å². The average molecular weight is 517 g/mol. The molecular formula is C30H33ClN4O2. The van der Waals surface area contributed by atoms with Crippen LogP contribution in [0.15, 0.2) is 54.7 Å². The van der Waals surface area contributed by atoms with Gasteiger partial charge in [0.05, 0.1) is 16.8 Å². The molecule has 0 radical (unpaired) electrons. The van der Waals surface area contributed by atoms with Gasteiger partial charge in [-0.25, -0.2) is 4.90 Å². The van der Waals surface area contributed by atoms with Gasteiger partial charge in [0.2, 0.25) is 0 Å². The van der Waals surface area contributed by atoms with E-state index < -0.39 is 0 Å². The van der Waals surface area contributed by atoms with Crippen molar-refractivity contribution in [3.05, 3.63) is 71.6 Å². The molecule has 0 aliphatic carbocycles. The number of carbonyl (C=O) groups is 2. The molecule has 192 valence electrons. The van der Waals surface area contributed by atoms with Crippen LogP contribution in [0.3, 0.4) is 0 Å². The summed E-state index contributed by atoms with van der Waals surface area (Å²) in [7, 11) is 1.96. The third kappa shape index (κ3) is 3.82. The molecule has 2 aliphatic rings. The molecule has 2 aliphatic heterocycles. The molecule has 1 atom stereocenters. The summed E-state index contributed by atoms with van der Waals surface area (Å²) >= 11 is 0. The Balaban J connectivity index is 0.00000280. The van der Waals surface area contributed by atoms with Crippen LogP contribution in [0, 0.1) is 5.92 Å². The van der Waals surface area contributed by atoms with E-state index in [4.69, 9.17) is 5.73 Å². The molecule has 6 rings (SSSR count). The van der Waals surface area contributed by atoms with Gasteiger partial charge in [-0.2, -0.15) is 0 Å². The van der Waals surface area contributed by atoms with Gasteiger partial charge >= 0.3 is 0 Å². The highest BCUT2D eigenvalue weighted by Crippen LogP contribution is 2.44. The highest BCUT2D eigenvalue weighted by molar-refractivity contribution is 6.45. The molecule has 4 heterocycles. The Morgan fingerprint density at radius 2 is 1.70 bits per heavy atom. The number of hydrogen-bond acceptors (Lipinski definition) is 3. The SMILES string of the molecule is CC(C)C(N)c1cccc2c1c(N1C(=O)C=C(c3cn(C)c4ccccc34)C1=O)c1n2CCCCC1.Cl. The minimum absolute atomic E-state index is 0. The summed E-state index contributed by atoms with van der Waals surface area (Å²) < 4.78 is 4.33.